The minimum atomic E-state index is -0.847. The van der Waals surface area contributed by atoms with Crippen LogP contribution >= 0.6 is 0 Å². The molecule has 0 aliphatic rings. The molecular formula is C8H15NO5. The van der Waals surface area contributed by atoms with Crippen LogP contribution in [0.2, 0.25) is 0 Å². The van der Waals surface area contributed by atoms with Crippen molar-refractivity contribution in [3.05, 3.63) is 0 Å². The molecule has 0 fully saturated rings. The molecule has 0 saturated heterocycles. The molecular weight excluding hydrogens is 190 g/mol. The molecule has 0 heterocycles. The number of methoxy groups -OCH3 is 1. The van der Waals surface area contributed by atoms with Crippen LogP contribution in [0.1, 0.15) is 13.3 Å². The molecule has 0 aromatic heterocycles. The number of alkyl carbamates (subject to hydrolysis) is 1. The van der Waals surface area contributed by atoms with Crippen LogP contribution in [0.3, 0.4) is 0 Å². The molecule has 0 aliphatic carbocycles. The molecule has 0 spiro atoms. The third kappa shape index (κ3) is 6.24. The van der Waals surface area contributed by atoms with Gasteiger partial charge in [0, 0.05) is 13.7 Å². The number of hydrogen-bond acceptors (Lipinski definition) is 5. The SMILES string of the molecule is CCCNC(=O)OCC(OC)OC=O. The summed E-state index contributed by atoms with van der Waals surface area (Å²) in [5.41, 5.74) is 0. The van der Waals surface area contributed by atoms with E-state index in [0.717, 1.165) is 6.42 Å². The first-order valence-electron chi connectivity index (χ1n) is 4.27. The number of hydrogen-bond donors (Lipinski definition) is 1. The van der Waals surface area contributed by atoms with Gasteiger partial charge in [-0.2, -0.15) is 0 Å². The summed E-state index contributed by atoms with van der Waals surface area (Å²) in [6.45, 7) is 2.59. The highest BCUT2D eigenvalue weighted by atomic mass is 16.7. The fraction of sp³-hybridized carbons (Fsp3) is 0.750. The van der Waals surface area contributed by atoms with Crippen LogP contribution in [0.5, 0.6) is 0 Å². The van der Waals surface area contributed by atoms with Gasteiger partial charge in [0.15, 0.2) is 6.61 Å². The van der Waals surface area contributed by atoms with Crippen molar-refractivity contribution in [3.63, 3.8) is 0 Å². The van der Waals surface area contributed by atoms with Crippen molar-refractivity contribution < 1.29 is 23.8 Å². The van der Waals surface area contributed by atoms with E-state index in [9.17, 15) is 9.59 Å². The lowest BCUT2D eigenvalue weighted by Crippen LogP contribution is -2.30. The van der Waals surface area contributed by atoms with Crippen molar-refractivity contribution in [1.82, 2.24) is 5.32 Å². The van der Waals surface area contributed by atoms with Gasteiger partial charge in [0.05, 0.1) is 0 Å². The summed E-state index contributed by atoms with van der Waals surface area (Å²) in [4.78, 5) is 20.8. The maximum absolute atomic E-state index is 10.9. The monoisotopic (exact) mass is 205 g/mol. The van der Waals surface area contributed by atoms with Crippen LogP contribution in [0.15, 0.2) is 0 Å². The summed E-state index contributed by atoms with van der Waals surface area (Å²) in [6.07, 6.45) is -0.573. The molecule has 1 atom stereocenters. The number of rotatable bonds is 7. The molecule has 0 radical (unpaired) electrons. The molecule has 0 aromatic rings. The highest BCUT2D eigenvalue weighted by Gasteiger charge is 2.10. The summed E-state index contributed by atoms with van der Waals surface area (Å²) in [6, 6.07) is 0. The van der Waals surface area contributed by atoms with Crippen LogP contribution in [0.4, 0.5) is 4.79 Å². The Morgan fingerprint density at radius 2 is 2.29 bits per heavy atom. The topological polar surface area (TPSA) is 73.9 Å². The molecule has 6 heteroatoms. The number of carbonyl (C=O) groups excluding carboxylic acids is 2. The molecule has 0 saturated carbocycles. The first-order valence-corrected chi connectivity index (χ1v) is 4.27. The van der Waals surface area contributed by atoms with Gasteiger partial charge in [-0.15, -0.1) is 0 Å². The minimum absolute atomic E-state index is 0.120. The van der Waals surface area contributed by atoms with Crippen LogP contribution in [-0.4, -0.2) is 39.1 Å². The van der Waals surface area contributed by atoms with E-state index < -0.39 is 12.4 Å². The molecule has 1 amide bonds. The van der Waals surface area contributed by atoms with Gasteiger partial charge in [0.1, 0.15) is 0 Å². The average Bonchev–Trinajstić information content (AvgIpc) is 2.21. The Morgan fingerprint density at radius 1 is 1.57 bits per heavy atom. The van der Waals surface area contributed by atoms with E-state index in [1.54, 1.807) is 0 Å². The lowest BCUT2D eigenvalue weighted by Gasteiger charge is -2.13. The van der Waals surface area contributed by atoms with Gasteiger partial charge < -0.3 is 19.5 Å². The molecule has 1 unspecified atom stereocenters. The minimum Gasteiger partial charge on any atom is -0.443 e. The van der Waals surface area contributed by atoms with Gasteiger partial charge in [-0.25, -0.2) is 4.79 Å². The number of nitrogens with one attached hydrogen (secondary N) is 1. The standard InChI is InChI=1S/C8H15NO5/c1-3-4-9-8(11)13-5-7(12-2)14-6-10/h6-7H,3-5H2,1-2H3,(H,9,11). The molecule has 14 heavy (non-hydrogen) atoms. The zero-order valence-electron chi connectivity index (χ0n) is 8.32. The van der Waals surface area contributed by atoms with Gasteiger partial charge in [-0.1, -0.05) is 6.92 Å². The Kier molecular flexibility index (Phi) is 7.53. The van der Waals surface area contributed by atoms with Crippen LogP contribution in [0.25, 0.3) is 0 Å². The quantitative estimate of drug-likeness (QED) is 0.477. The first kappa shape index (κ1) is 12.7. The Labute approximate surface area is 82.5 Å². The van der Waals surface area contributed by atoms with E-state index in [4.69, 9.17) is 4.74 Å². The van der Waals surface area contributed by atoms with Crippen molar-refractivity contribution in [2.45, 2.75) is 19.6 Å². The fourth-order valence-corrected chi connectivity index (χ4v) is 0.647. The van der Waals surface area contributed by atoms with Crippen molar-refractivity contribution in [3.8, 4) is 0 Å². The van der Waals surface area contributed by atoms with Crippen LogP contribution in [0, 0.1) is 0 Å². The van der Waals surface area contributed by atoms with Gasteiger partial charge >= 0.3 is 6.09 Å². The van der Waals surface area contributed by atoms with Crippen molar-refractivity contribution in [2.75, 3.05) is 20.3 Å². The van der Waals surface area contributed by atoms with E-state index in [-0.39, 0.29) is 13.1 Å². The van der Waals surface area contributed by atoms with Gasteiger partial charge in [-0.05, 0) is 6.42 Å². The van der Waals surface area contributed by atoms with E-state index in [0.29, 0.717) is 6.54 Å². The van der Waals surface area contributed by atoms with Crippen molar-refractivity contribution in [2.24, 2.45) is 0 Å². The van der Waals surface area contributed by atoms with Crippen LogP contribution < -0.4 is 5.32 Å². The average molecular weight is 205 g/mol. The zero-order chi connectivity index (χ0) is 10.8. The van der Waals surface area contributed by atoms with Gasteiger partial charge in [0.25, 0.3) is 6.47 Å². The Hall–Kier alpha value is -1.30. The van der Waals surface area contributed by atoms with Gasteiger partial charge in [-0.3, -0.25) is 4.79 Å². The zero-order valence-corrected chi connectivity index (χ0v) is 8.32. The third-order valence-corrected chi connectivity index (χ3v) is 1.34. The van der Waals surface area contributed by atoms with E-state index in [1.807, 2.05) is 6.92 Å². The van der Waals surface area contributed by atoms with E-state index >= 15 is 0 Å². The Bertz CT molecular complexity index is 173. The lowest BCUT2D eigenvalue weighted by molar-refractivity contribution is -0.165. The molecule has 82 valence electrons. The summed E-state index contributed by atoms with van der Waals surface area (Å²) >= 11 is 0. The Morgan fingerprint density at radius 3 is 2.79 bits per heavy atom. The third-order valence-electron chi connectivity index (χ3n) is 1.34. The number of amides is 1. The predicted octanol–water partition coefficient (Wildman–Crippen LogP) is 0.268. The second-order valence-electron chi connectivity index (χ2n) is 2.42. The second kappa shape index (κ2) is 8.31. The summed E-state index contributed by atoms with van der Waals surface area (Å²) in [5.74, 6) is 0. The highest BCUT2D eigenvalue weighted by molar-refractivity contribution is 5.67. The molecule has 6 nitrogen and oxygen atoms in total. The number of ether oxygens (including phenoxy) is 3. The molecule has 0 bridgehead atoms. The second-order valence-corrected chi connectivity index (χ2v) is 2.42. The molecule has 0 aromatic carbocycles. The maximum atomic E-state index is 10.9. The Balaban J connectivity index is 3.56. The van der Waals surface area contributed by atoms with Crippen molar-refractivity contribution >= 4 is 12.6 Å². The molecule has 0 rings (SSSR count). The predicted molar refractivity (Wildman–Crippen MR) is 47.6 cm³/mol. The first-order chi connectivity index (χ1) is 6.74. The smallest absolute Gasteiger partial charge is 0.407 e. The van der Waals surface area contributed by atoms with E-state index in [1.165, 1.54) is 7.11 Å². The summed E-state index contributed by atoms with van der Waals surface area (Å²) in [7, 11) is 1.35. The van der Waals surface area contributed by atoms with E-state index in [2.05, 4.69) is 14.8 Å². The maximum Gasteiger partial charge on any atom is 0.407 e. The summed E-state index contributed by atoms with van der Waals surface area (Å²) in [5, 5.41) is 2.49. The largest absolute Gasteiger partial charge is 0.443 e. The highest BCUT2D eigenvalue weighted by Crippen LogP contribution is 1.92. The molecule has 1 N–H and O–H groups in total. The fourth-order valence-electron chi connectivity index (χ4n) is 0.647. The normalized spacial score (nSPS) is 11.6. The van der Waals surface area contributed by atoms with Crippen molar-refractivity contribution in [1.29, 1.82) is 0 Å². The lowest BCUT2D eigenvalue weighted by atomic mass is 10.5. The van der Waals surface area contributed by atoms with Gasteiger partial charge in [0.2, 0.25) is 6.29 Å². The van der Waals surface area contributed by atoms with Crippen LogP contribution in [-0.2, 0) is 19.0 Å². The molecule has 0 aliphatic heterocycles. The summed E-state index contributed by atoms with van der Waals surface area (Å²) < 4.78 is 13.8. The number of carbonyl (C=O) groups is 2.